The first-order valence-corrected chi connectivity index (χ1v) is 8.49. The van der Waals surface area contributed by atoms with Crippen molar-refractivity contribution in [3.63, 3.8) is 0 Å². The van der Waals surface area contributed by atoms with E-state index in [0.717, 1.165) is 11.0 Å². The predicted octanol–water partition coefficient (Wildman–Crippen LogP) is 5.58. The third-order valence-electron chi connectivity index (χ3n) is 3.28. The average Bonchev–Trinajstić information content (AvgIpc) is 2.43. The number of rotatable bonds is 5. The van der Waals surface area contributed by atoms with Crippen LogP contribution < -0.4 is 5.32 Å². The highest BCUT2D eigenvalue weighted by Crippen LogP contribution is 2.36. The Morgan fingerprint density at radius 1 is 1.15 bits per heavy atom. The van der Waals surface area contributed by atoms with Gasteiger partial charge in [0.15, 0.2) is 0 Å². The van der Waals surface area contributed by atoms with Gasteiger partial charge in [0.25, 0.3) is 0 Å². The first-order valence-electron chi connectivity index (χ1n) is 6.88. The number of benzene rings is 2. The van der Waals surface area contributed by atoms with Crippen molar-refractivity contribution in [1.29, 1.82) is 0 Å². The molecular formula is C17H20BrNS. The number of halogens is 1. The molecule has 0 radical (unpaired) electrons. The molecule has 0 saturated heterocycles. The fourth-order valence-electron chi connectivity index (χ4n) is 2.08. The van der Waals surface area contributed by atoms with Crippen LogP contribution in [0.2, 0.25) is 0 Å². The second kappa shape index (κ2) is 7.30. The van der Waals surface area contributed by atoms with E-state index in [1.807, 2.05) is 11.8 Å². The molecule has 0 heterocycles. The Bertz CT molecular complexity index is 583. The van der Waals surface area contributed by atoms with Gasteiger partial charge in [-0.2, -0.15) is 0 Å². The summed E-state index contributed by atoms with van der Waals surface area (Å²) in [7, 11) is 0. The van der Waals surface area contributed by atoms with Crippen LogP contribution in [0, 0.1) is 6.92 Å². The Labute approximate surface area is 134 Å². The topological polar surface area (TPSA) is 12.0 Å². The Balaban J connectivity index is 2.20. The standard InChI is InChI=1S/C17H20BrNS/c1-4-19-13(3)14-9-10-17(15(18)11-14)20-16-8-6-5-7-12(16)2/h5-11,13,19H,4H2,1-3H3. The highest BCUT2D eigenvalue weighted by molar-refractivity contribution is 9.10. The minimum Gasteiger partial charge on any atom is -0.310 e. The van der Waals surface area contributed by atoms with Gasteiger partial charge in [0.2, 0.25) is 0 Å². The molecule has 0 aliphatic rings. The molecule has 2 aromatic carbocycles. The Morgan fingerprint density at radius 2 is 1.90 bits per heavy atom. The Hall–Kier alpha value is -0.770. The second-order valence-corrected chi connectivity index (χ2v) is 6.77. The molecule has 1 atom stereocenters. The number of nitrogens with one attached hydrogen (secondary N) is 1. The minimum atomic E-state index is 0.383. The molecular weight excluding hydrogens is 330 g/mol. The molecule has 0 aliphatic heterocycles. The maximum Gasteiger partial charge on any atom is 0.0318 e. The zero-order chi connectivity index (χ0) is 14.5. The summed E-state index contributed by atoms with van der Waals surface area (Å²) in [6, 6.07) is 15.5. The third kappa shape index (κ3) is 3.87. The first kappa shape index (κ1) is 15.6. The predicted molar refractivity (Wildman–Crippen MR) is 91.5 cm³/mol. The van der Waals surface area contributed by atoms with E-state index in [1.165, 1.54) is 20.9 Å². The lowest BCUT2D eigenvalue weighted by atomic mass is 10.1. The molecule has 0 spiro atoms. The van der Waals surface area contributed by atoms with Crippen LogP contribution in [0.25, 0.3) is 0 Å². The van der Waals surface area contributed by atoms with E-state index in [4.69, 9.17) is 0 Å². The van der Waals surface area contributed by atoms with Crippen molar-refractivity contribution in [3.05, 3.63) is 58.1 Å². The highest BCUT2D eigenvalue weighted by Gasteiger charge is 2.09. The van der Waals surface area contributed by atoms with E-state index in [-0.39, 0.29) is 0 Å². The van der Waals surface area contributed by atoms with Gasteiger partial charge < -0.3 is 5.32 Å². The smallest absolute Gasteiger partial charge is 0.0318 e. The fourth-order valence-corrected chi connectivity index (χ4v) is 3.63. The van der Waals surface area contributed by atoms with Crippen molar-refractivity contribution in [3.8, 4) is 0 Å². The van der Waals surface area contributed by atoms with Gasteiger partial charge in [-0.05, 0) is 65.6 Å². The fraction of sp³-hybridized carbons (Fsp3) is 0.294. The summed E-state index contributed by atoms with van der Waals surface area (Å²) in [5.74, 6) is 0. The molecule has 1 nitrogen and oxygen atoms in total. The van der Waals surface area contributed by atoms with E-state index in [2.05, 4.69) is 84.5 Å². The molecule has 0 bridgehead atoms. The molecule has 1 N–H and O–H groups in total. The maximum absolute atomic E-state index is 3.70. The van der Waals surface area contributed by atoms with Crippen LogP contribution in [0.3, 0.4) is 0 Å². The zero-order valence-electron chi connectivity index (χ0n) is 12.1. The summed E-state index contributed by atoms with van der Waals surface area (Å²) in [6.45, 7) is 7.46. The molecule has 20 heavy (non-hydrogen) atoms. The van der Waals surface area contributed by atoms with Crippen molar-refractivity contribution >= 4 is 27.7 Å². The van der Waals surface area contributed by atoms with Gasteiger partial charge in [-0.25, -0.2) is 0 Å². The van der Waals surface area contributed by atoms with Crippen molar-refractivity contribution in [2.24, 2.45) is 0 Å². The van der Waals surface area contributed by atoms with Gasteiger partial charge in [0.1, 0.15) is 0 Å². The lowest BCUT2D eigenvalue weighted by Crippen LogP contribution is -2.17. The van der Waals surface area contributed by atoms with E-state index >= 15 is 0 Å². The summed E-state index contributed by atoms with van der Waals surface area (Å²) < 4.78 is 1.16. The van der Waals surface area contributed by atoms with Gasteiger partial charge in [0.05, 0.1) is 0 Å². The number of hydrogen-bond acceptors (Lipinski definition) is 2. The summed E-state index contributed by atoms with van der Waals surface area (Å²) in [6.07, 6.45) is 0. The Kier molecular flexibility index (Phi) is 5.70. The van der Waals surface area contributed by atoms with Crippen molar-refractivity contribution < 1.29 is 0 Å². The normalized spacial score (nSPS) is 12.4. The molecule has 1 unspecified atom stereocenters. The third-order valence-corrected chi connectivity index (χ3v) is 5.45. The lowest BCUT2D eigenvalue weighted by molar-refractivity contribution is 0.597. The van der Waals surface area contributed by atoms with Crippen LogP contribution in [0.1, 0.15) is 31.0 Å². The Morgan fingerprint density at radius 3 is 2.55 bits per heavy atom. The second-order valence-electron chi connectivity index (χ2n) is 4.84. The van der Waals surface area contributed by atoms with Crippen LogP contribution in [-0.2, 0) is 0 Å². The van der Waals surface area contributed by atoms with E-state index in [0.29, 0.717) is 6.04 Å². The van der Waals surface area contributed by atoms with Crippen molar-refractivity contribution in [2.75, 3.05) is 6.54 Å². The van der Waals surface area contributed by atoms with Gasteiger partial charge in [-0.3, -0.25) is 0 Å². The molecule has 2 rings (SSSR count). The van der Waals surface area contributed by atoms with E-state index in [9.17, 15) is 0 Å². The van der Waals surface area contributed by atoms with Gasteiger partial charge in [-0.1, -0.05) is 43.0 Å². The van der Waals surface area contributed by atoms with E-state index < -0.39 is 0 Å². The number of aryl methyl sites for hydroxylation is 1. The SMILES string of the molecule is CCNC(C)c1ccc(Sc2ccccc2C)c(Br)c1. The van der Waals surface area contributed by atoms with Crippen LogP contribution in [0.5, 0.6) is 0 Å². The molecule has 0 aromatic heterocycles. The zero-order valence-corrected chi connectivity index (χ0v) is 14.5. The largest absolute Gasteiger partial charge is 0.310 e. The molecule has 3 heteroatoms. The minimum absolute atomic E-state index is 0.383. The molecule has 0 amide bonds. The molecule has 0 fully saturated rings. The summed E-state index contributed by atoms with van der Waals surface area (Å²) in [4.78, 5) is 2.56. The van der Waals surface area contributed by atoms with Crippen LogP contribution in [-0.4, -0.2) is 6.54 Å². The highest BCUT2D eigenvalue weighted by atomic mass is 79.9. The molecule has 0 saturated carbocycles. The van der Waals surface area contributed by atoms with Gasteiger partial charge in [0, 0.05) is 20.3 Å². The first-order chi connectivity index (χ1) is 9.61. The van der Waals surface area contributed by atoms with Gasteiger partial charge in [-0.15, -0.1) is 0 Å². The summed E-state index contributed by atoms with van der Waals surface area (Å²) in [5.41, 5.74) is 2.63. The summed E-state index contributed by atoms with van der Waals surface area (Å²) >= 11 is 5.51. The monoisotopic (exact) mass is 349 g/mol. The lowest BCUT2D eigenvalue weighted by Gasteiger charge is -2.14. The number of hydrogen-bond donors (Lipinski definition) is 1. The molecule has 0 aliphatic carbocycles. The molecule has 2 aromatic rings. The van der Waals surface area contributed by atoms with Crippen LogP contribution in [0.15, 0.2) is 56.7 Å². The summed E-state index contributed by atoms with van der Waals surface area (Å²) in [5, 5.41) is 3.44. The van der Waals surface area contributed by atoms with Crippen molar-refractivity contribution in [2.45, 2.75) is 36.6 Å². The maximum atomic E-state index is 3.70. The van der Waals surface area contributed by atoms with Crippen LogP contribution >= 0.6 is 27.7 Å². The quantitative estimate of drug-likeness (QED) is 0.756. The molecule has 106 valence electrons. The average molecular weight is 350 g/mol. The van der Waals surface area contributed by atoms with Crippen molar-refractivity contribution in [1.82, 2.24) is 5.32 Å². The van der Waals surface area contributed by atoms with E-state index in [1.54, 1.807) is 0 Å². The van der Waals surface area contributed by atoms with Gasteiger partial charge >= 0.3 is 0 Å². The van der Waals surface area contributed by atoms with Crippen LogP contribution in [0.4, 0.5) is 0 Å².